The van der Waals surface area contributed by atoms with Gasteiger partial charge in [0.2, 0.25) is 0 Å². The van der Waals surface area contributed by atoms with E-state index in [1.807, 2.05) is 19.1 Å². The van der Waals surface area contributed by atoms with Crippen molar-refractivity contribution in [2.24, 2.45) is 5.16 Å². The van der Waals surface area contributed by atoms with E-state index in [9.17, 15) is 5.11 Å². The van der Waals surface area contributed by atoms with Crippen molar-refractivity contribution in [2.45, 2.75) is 19.4 Å². The summed E-state index contributed by atoms with van der Waals surface area (Å²) in [6, 6.07) is 7.17. The molecular formula is C15H23NO5. The minimum absolute atomic E-state index is 0.154. The van der Waals surface area contributed by atoms with E-state index < -0.39 is 6.10 Å². The molecule has 0 heterocycles. The van der Waals surface area contributed by atoms with E-state index in [0.717, 1.165) is 5.56 Å². The van der Waals surface area contributed by atoms with Gasteiger partial charge in [0.15, 0.2) is 0 Å². The number of rotatable bonds is 10. The first-order chi connectivity index (χ1) is 10.2. The third kappa shape index (κ3) is 6.57. The summed E-state index contributed by atoms with van der Waals surface area (Å²) in [5.74, 6) is 0.642. The number of hydrogen-bond acceptors (Lipinski definition) is 6. The highest BCUT2D eigenvalue weighted by Crippen LogP contribution is 2.14. The minimum Gasteiger partial charge on any atom is -0.491 e. The number of hydrogen-bond donors (Lipinski definition) is 2. The topological polar surface area (TPSA) is 80.5 Å². The van der Waals surface area contributed by atoms with Gasteiger partial charge in [-0.2, -0.15) is 0 Å². The molecule has 0 spiro atoms. The second-order valence-electron chi connectivity index (χ2n) is 4.46. The molecule has 0 amide bonds. The zero-order valence-electron chi connectivity index (χ0n) is 12.5. The molecule has 0 saturated heterocycles. The smallest absolute Gasteiger partial charge is 0.119 e. The predicted molar refractivity (Wildman–Crippen MR) is 79.3 cm³/mol. The summed E-state index contributed by atoms with van der Waals surface area (Å²) in [5.41, 5.74) is 1.46. The average Bonchev–Trinajstić information content (AvgIpc) is 2.52. The van der Waals surface area contributed by atoms with Crippen LogP contribution in [-0.4, -0.2) is 55.7 Å². The van der Waals surface area contributed by atoms with Gasteiger partial charge in [-0.15, -0.1) is 0 Å². The lowest BCUT2D eigenvalue weighted by molar-refractivity contribution is -0.00419. The SMILES string of the molecule is CC/C(=N/O)c1ccc(OCC(O)COCCOC)cc1. The molecule has 21 heavy (non-hydrogen) atoms. The molecule has 0 aliphatic heterocycles. The van der Waals surface area contributed by atoms with E-state index in [-0.39, 0.29) is 13.2 Å². The van der Waals surface area contributed by atoms with E-state index in [4.69, 9.17) is 19.4 Å². The van der Waals surface area contributed by atoms with Crippen molar-refractivity contribution in [2.75, 3.05) is 33.5 Å². The van der Waals surface area contributed by atoms with Crippen LogP contribution in [0.25, 0.3) is 0 Å². The first kappa shape index (κ1) is 17.4. The van der Waals surface area contributed by atoms with Gasteiger partial charge in [-0.1, -0.05) is 12.1 Å². The summed E-state index contributed by atoms with van der Waals surface area (Å²) in [4.78, 5) is 0. The summed E-state index contributed by atoms with van der Waals surface area (Å²) in [6.07, 6.45) is -0.0411. The monoisotopic (exact) mass is 297 g/mol. The Hall–Kier alpha value is -1.63. The molecular weight excluding hydrogens is 274 g/mol. The van der Waals surface area contributed by atoms with Crippen molar-refractivity contribution in [3.63, 3.8) is 0 Å². The average molecular weight is 297 g/mol. The van der Waals surface area contributed by atoms with E-state index in [2.05, 4.69) is 5.16 Å². The van der Waals surface area contributed by atoms with Crippen LogP contribution in [0.5, 0.6) is 5.75 Å². The standard InChI is InChI=1S/C15H23NO5/c1-3-15(16-18)12-4-6-14(7-5-12)21-11-13(17)10-20-9-8-19-2/h4-7,13,17-18H,3,8-11H2,1-2H3/b16-15-. The molecule has 0 aromatic heterocycles. The molecule has 1 aromatic carbocycles. The second kappa shape index (κ2) is 10.1. The van der Waals surface area contributed by atoms with Crippen LogP contribution < -0.4 is 4.74 Å². The van der Waals surface area contributed by atoms with Crippen molar-refractivity contribution < 1.29 is 24.5 Å². The molecule has 118 valence electrons. The van der Waals surface area contributed by atoms with Crippen molar-refractivity contribution >= 4 is 5.71 Å². The Balaban J connectivity index is 2.35. The molecule has 1 aromatic rings. The highest BCUT2D eigenvalue weighted by molar-refractivity contribution is 6.00. The highest BCUT2D eigenvalue weighted by Gasteiger charge is 2.06. The molecule has 0 bridgehead atoms. The maximum atomic E-state index is 9.69. The highest BCUT2D eigenvalue weighted by atomic mass is 16.5. The van der Waals surface area contributed by atoms with Crippen LogP contribution in [0.2, 0.25) is 0 Å². The Morgan fingerprint density at radius 2 is 1.90 bits per heavy atom. The van der Waals surface area contributed by atoms with Crippen LogP contribution >= 0.6 is 0 Å². The summed E-state index contributed by atoms with van der Waals surface area (Å²) in [7, 11) is 1.60. The van der Waals surface area contributed by atoms with Gasteiger partial charge in [0, 0.05) is 7.11 Å². The fraction of sp³-hybridized carbons (Fsp3) is 0.533. The van der Waals surface area contributed by atoms with E-state index in [1.165, 1.54) is 0 Å². The molecule has 0 radical (unpaired) electrons. The van der Waals surface area contributed by atoms with Crippen LogP contribution in [0.4, 0.5) is 0 Å². The van der Waals surface area contributed by atoms with E-state index in [1.54, 1.807) is 19.2 Å². The number of oxime groups is 1. The first-order valence-electron chi connectivity index (χ1n) is 6.90. The number of methoxy groups -OCH3 is 1. The van der Waals surface area contributed by atoms with Crippen molar-refractivity contribution in [3.8, 4) is 5.75 Å². The Kier molecular flexibility index (Phi) is 8.42. The molecule has 0 saturated carbocycles. The first-order valence-corrected chi connectivity index (χ1v) is 6.90. The lowest BCUT2D eigenvalue weighted by Crippen LogP contribution is -2.24. The zero-order chi connectivity index (χ0) is 15.5. The van der Waals surface area contributed by atoms with Gasteiger partial charge >= 0.3 is 0 Å². The largest absolute Gasteiger partial charge is 0.491 e. The number of aliphatic hydroxyl groups excluding tert-OH is 1. The van der Waals surface area contributed by atoms with Gasteiger partial charge in [0.25, 0.3) is 0 Å². The fourth-order valence-corrected chi connectivity index (χ4v) is 1.68. The van der Waals surface area contributed by atoms with Gasteiger partial charge in [0.05, 0.1) is 25.5 Å². The van der Waals surface area contributed by atoms with E-state index in [0.29, 0.717) is 31.1 Å². The summed E-state index contributed by atoms with van der Waals surface area (Å²) < 4.78 is 15.5. The zero-order valence-corrected chi connectivity index (χ0v) is 12.5. The lowest BCUT2D eigenvalue weighted by atomic mass is 10.1. The van der Waals surface area contributed by atoms with Gasteiger partial charge in [-0.05, 0) is 36.2 Å². The summed E-state index contributed by atoms with van der Waals surface area (Å²) >= 11 is 0. The molecule has 6 nitrogen and oxygen atoms in total. The molecule has 1 atom stereocenters. The molecule has 2 N–H and O–H groups in total. The van der Waals surface area contributed by atoms with Gasteiger partial charge in [-0.3, -0.25) is 0 Å². The fourth-order valence-electron chi connectivity index (χ4n) is 1.68. The van der Waals surface area contributed by atoms with Crippen LogP contribution in [0, 0.1) is 0 Å². The maximum Gasteiger partial charge on any atom is 0.119 e. The van der Waals surface area contributed by atoms with Gasteiger partial charge < -0.3 is 24.5 Å². The van der Waals surface area contributed by atoms with E-state index >= 15 is 0 Å². The number of nitrogens with zero attached hydrogens (tertiary/aromatic N) is 1. The van der Waals surface area contributed by atoms with Crippen LogP contribution in [0.1, 0.15) is 18.9 Å². The maximum absolute atomic E-state index is 9.69. The van der Waals surface area contributed by atoms with Gasteiger partial charge in [-0.25, -0.2) is 0 Å². The Bertz CT molecular complexity index is 419. The number of ether oxygens (including phenoxy) is 3. The Morgan fingerprint density at radius 3 is 2.48 bits per heavy atom. The van der Waals surface area contributed by atoms with Gasteiger partial charge in [0.1, 0.15) is 18.5 Å². The summed E-state index contributed by atoms with van der Waals surface area (Å²) in [6.45, 7) is 3.23. The molecule has 1 unspecified atom stereocenters. The number of benzene rings is 1. The molecule has 6 heteroatoms. The minimum atomic E-state index is -0.688. The molecule has 0 aliphatic rings. The predicted octanol–water partition coefficient (Wildman–Crippen LogP) is 1.68. The summed E-state index contributed by atoms with van der Waals surface area (Å²) in [5, 5.41) is 21.8. The van der Waals surface area contributed by atoms with Crippen LogP contribution in [-0.2, 0) is 9.47 Å². The normalized spacial score (nSPS) is 13.2. The molecule has 1 rings (SSSR count). The molecule has 0 fully saturated rings. The lowest BCUT2D eigenvalue weighted by Gasteiger charge is -2.13. The van der Waals surface area contributed by atoms with Crippen LogP contribution in [0.15, 0.2) is 29.4 Å². The Labute approximate surface area is 124 Å². The quantitative estimate of drug-likeness (QED) is 0.297. The third-order valence-corrected chi connectivity index (χ3v) is 2.83. The van der Waals surface area contributed by atoms with Crippen molar-refractivity contribution in [3.05, 3.63) is 29.8 Å². The van der Waals surface area contributed by atoms with Crippen molar-refractivity contribution in [1.82, 2.24) is 0 Å². The number of aliphatic hydroxyl groups is 1. The van der Waals surface area contributed by atoms with Crippen LogP contribution in [0.3, 0.4) is 0 Å². The third-order valence-electron chi connectivity index (χ3n) is 2.83. The molecule has 0 aliphatic carbocycles. The second-order valence-corrected chi connectivity index (χ2v) is 4.46. The Morgan fingerprint density at radius 1 is 1.19 bits per heavy atom. The van der Waals surface area contributed by atoms with Crippen molar-refractivity contribution in [1.29, 1.82) is 0 Å².